The van der Waals surface area contributed by atoms with E-state index in [4.69, 9.17) is 16.3 Å². The van der Waals surface area contributed by atoms with Gasteiger partial charge in [-0.1, -0.05) is 45.7 Å². The first-order chi connectivity index (χ1) is 10.1. The normalized spacial score (nSPS) is 12.2. The Kier molecular flexibility index (Phi) is 5.68. The van der Waals surface area contributed by atoms with Crippen molar-refractivity contribution in [3.63, 3.8) is 0 Å². The fourth-order valence-electron chi connectivity index (χ4n) is 2.29. The SMILES string of the molecule is CCOc1ccc(C(NC)c2ccc(C)c(Cl)c2)c(Br)c1. The fourth-order valence-corrected chi connectivity index (χ4v) is 3.06. The van der Waals surface area contributed by atoms with E-state index >= 15 is 0 Å². The van der Waals surface area contributed by atoms with Gasteiger partial charge in [0, 0.05) is 9.50 Å². The molecule has 0 aliphatic heterocycles. The Labute approximate surface area is 139 Å². The molecule has 0 spiro atoms. The molecule has 0 saturated heterocycles. The lowest BCUT2D eigenvalue weighted by Crippen LogP contribution is -2.18. The Balaban J connectivity index is 2.38. The van der Waals surface area contributed by atoms with Gasteiger partial charge in [-0.15, -0.1) is 0 Å². The van der Waals surface area contributed by atoms with Crippen molar-refractivity contribution in [1.29, 1.82) is 0 Å². The summed E-state index contributed by atoms with van der Waals surface area (Å²) in [6, 6.07) is 12.3. The highest BCUT2D eigenvalue weighted by molar-refractivity contribution is 9.10. The predicted octanol–water partition coefficient (Wildman–Crippen LogP) is 5.12. The van der Waals surface area contributed by atoms with E-state index in [9.17, 15) is 0 Å². The van der Waals surface area contributed by atoms with Gasteiger partial charge in [0.15, 0.2) is 0 Å². The first-order valence-corrected chi connectivity index (χ1v) is 8.09. The third-order valence-corrected chi connectivity index (χ3v) is 4.51. The fraction of sp³-hybridized carbons (Fsp3) is 0.294. The second-order valence-electron chi connectivity index (χ2n) is 4.85. The second-order valence-corrected chi connectivity index (χ2v) is 6.11. The summed E-state index contributed by atoms with van der Waals surface area (Å²) in [5, 5.41) is 4.13. The Morgan fingerprint density at radius 2 is 2.00 bits per heavy atom. The molecule has 1 atom stereocenters. The molecule has 2 nitrogen and oxygen atoms in total. The van der Waals surface area contributed by atoms with Crippen LogP contribution in [0.2, 0.25) is 5.02 Å². The molecule has 0 fully saturated rings. The smallest absolute Gasteiger partial charge is 0.120 e. The van der Waals surface area contributed by atoms with Crippen molar-refractivity contribution in [2.75, 3.05) is 13.7 Å². The van der Waals surface area contributed by atoms with Gasteiger partial charge >= 0.3 is 0 Å². The quantitative estimate of drug-likeness (QED) is 0.791. The standard InChI is InChI=1S/C17H19BrClNO/c1-4-21-13-7-8-14(15(18)10-13)17(20-3)12-6-5-11(2)16(19)9-12/h5-10,17,20H,4H2,1-3H3. The van der Waals surface area contributed by atoms with Crippen molar-refractivity contribution >= 4 is 27.5 Å². The van der Waals surface area contributed by atoms with E-state index in [1.54, 1.807) is 0 Å². The monoisotopic (exact) mass is 367 g/mol. The molecule has 0 amide bonds. The number of hydrogen-bond donors (Lipinski definition) is 1. The Bertz CT molecular complexity index is 630. The highest BCUT2D eigenvalue weighted by Crippen LogP contribution is 2.32. The van der Waals surface area contributed by atoms with Gasteiger partial charge in [0.1, 0.15) is 5.75 Å². The number of hydrogen-bond acceptors (Lipinski definition) is 2. The van der Waals surface area contributed by atoms with Crippen LogP contribution in [0.4, 0.5) is 0 Å². The van der Waals surface area contributed by atoms with E-state index in [1.807, 2.05) is 45.2 Å². The minimum atomic E-state index is 0.0770. The lowest BCUT2D eigenvalue weighted by Gasteiger charge is -2.20. The molecule has 0 saturated carbocycles. The number of aryl methyl sites for hydroxylation is 1. The highest BCUT2D eigenvalue weighted by atomic mass is 79.9. The maximum Gasteiger partial charge on any atom is 0.120 e. The molecule has 4 heteroatoms. The van der Waals surface area contributed by atoms with Crippen LogP contribution in [-0.4, -0.2) is 13.7 Å². The van der Waals surface area contributed by atoms with Crippen molar-refractivity contribution in [3.05, 3.63) is 62.6 Å². The summed E-state index contributed by atoms with van der Waals surface area (Å²) in [7, 11) is 1.95. The average Bonchev–Trinajstić information content (AvgIpc) is 2.46. The van der Waals surface area contributed by atoms with Gasteiger partial charge in [0.2, 0.25) is 0 Å². The lowest BCUT2D eigenvalue weighted by atomic mass is 9.98. The minimum Gasteiger partial charge on any atom is -0.494 e. The third-order valence-electron chi connectivity index (χ3n) is 3.41. The zero-order valence-corrected chi connectivity index (χ0v) is 14.8. The van der Waals surface area contributed by atoms with E-state index in [-0.39, 0.29) is 6.04 Å². The molecule has 0 aliphatic carbocycles. The molecule has 2 aromatic carbocycles. The number of ether oxygens (including phenoxy) is 1. The topological polar surface area (TPSA) is 21.3 Å². The Morgan fingerprint density at radius 1 is 1.24 bits per heavy atom. The van der Waals surface area contributed by atoms with Gasteiger partial charge in [-0.25, -0.2) is 0 Å². The van der Waals surface area contributed by atoms with Crippen LogP contribution in [0.3, 0.4) is 0 Å². The number of nitrogens with one attached hydrogen (secondary N) is 1. The molecule has 112 valence electrons. The Hall–Kier alpha value is -1.03. The highest BCUT2D eigenvalue weighted by Gasteiger charge is 2.16. The number of rotatable bonds is 5. The zero-order chi connectivity index (χ0) is 15.4. The average molecular weight is 369 g/mol. The van der Waals surface area contributed by atoms with Gasteiger partial charge in [-0.3, -0.25) is 0 Å². The molecular weight excluding hydrogens is 350 g/mol. The summed E-state index contributed by atoms with van der Waals surface area (Å²) in [4.78, 5) is 0. The summed E-state index contributed by atoms with van der Waals surface area (Å²) in [6.45, 7) is 4.65. The van der Waals surface area contributed by atoms with Crippen molar-refractivity contribution in [2.24, 2.45) is 0 Å². The molecule has 0 radical (unpaired) electrons. The van der Waals surface area contributed by atoms with Gasteiger partial charge in [-0.2, -0.15) is 0 Å². The second kappa shape index (κ2) is 7.30. The summed E-state index contributed by atoms with van der Waals surface area (Å²) in [5.41, 5.74) is 3.37. The summed E-state index contributed by atoms with van der Waals surface area (Å²) in [6.07, 6.45) is 0. The van der Waals surface area contributed by atoms with E-state index < -0.39 is 0 Å². The van der Waals surface area contributed by atoms with E-state index in [2.05, 4.69) is 33.4 Å². The summed E-state index contributed by atoms with van der Waals surface area (Å²) in [5.74, 6) is 0.866. The first kappa shape index (κ1) is 16.3. The van der Waals surface area contributed by atoms with Crippen LogP contribution in [0, 0.1) is 6.92 Å². The molecule has 21 heavy (non-hydrogen) atoms. The van der Waals surface area contributed by atoms with Crippen LogP contribution in [0.15, 0.2) is 40.9 Å². The third kappa shape index (κ3) is 3.79. The maximum absolute atomic E-state index is 6.25. The summed E-state index contributed by atoms with van der Waals surface area (Å²) >= 11 is 9.88. The molecule has 2 aromatic rings. The first-order valence-electron chi connectivity index (χ1n) is 6.92. The van der Waals surface area contributed by atoms with Gasteiger partial charge in [0.05, 0.1) is 12.6 Å². The van der Waals surface area contributed by atoms with E-state index in [1.165, 1.54) is 0 Å². The predicted molar refractivity (Wildman–Crippen MR) is 92.4 cm³/mol. The van der Waals surface area contributed by atoms with Crippen molar-refractivity contribution < 1.29 is 4.74 Å². The van der Waals surface area contributed by atoms with Crippen LogP contribution >= 0.6 is 27.5 Å². The van der Waals surface area contributed by atoms with Crippen molar-refractivity contribution in [2.45, 2.75) is 19.9 Å². The van der Waals surface area contributed by atoms with Crippen molar-refractivity contribution in [1.82, 2.24) is 5.32 Å². The largest absolute Gasteiger partial charge is 0.494 e. The van der Waals surface area contributed by atoms with Crippen LogP contribution < -0.4 is 10.1 Å². The molecule has 0 aromatic heterocycles. The van der Waals surface area contributed by atoms with Crippen LogP contribution in [0.25, 0.3) is 0 Å². The Morgan fingerprint density at radius 3 is 2.57 bits per heavy atom. The number of benzene rings is 2. The minimum absolute atomic E-state index is 0.0770. The molecule has 2 rings (SSSR count). The number of halogens is 2. The van der Waals surface area contributed by atoms with E-state index in [0.717, 1.165) is 31.9 Å². The van der Waals surface area contributed by atoms with Crippen LogP contribution in [0.5, 0.6) is 5.75 Å². The molecular formula is C17H19BrClNO. The van der Waals surface area contributed by atoms with Gasteiger partial charge in [-0.05, 0) is 55.8 Å². The molecule has 1 N–H and O–H groups in total. The molecule has 0 bridgehead atoms. The molecule has 0 aliphatic rings. The molecule has 0 heterocycles. The van der Waals surface area contributed by atoms with Gasteiger partial charge in [0.25, 0.3) is 0 Å². The maximum atomic E-state index is 6.25. The lowest BCUT2D eigenvalue weighted by molar-refractivity contribution is 0.340. The molecule has 1 unspecified atom stereocenters. The van der Waals surface area contributed by atoms with Crippen LogP contribution in [-0.2, 0) is 0 Å². The zero-order valence-electron chi connectivity index (χ0n) is 12.4. The van der Waals surface area contributed by atoms with E-state index in [0.29, 0.717) is 6.61 Å². The van der Waals surface area contributed by atoms with Crippen LogP contribution in [0.1, 0.15) is 29.7 Å². The van der Waals surface area contributed by atoms with Crippen molar-refractivity contribution in [3.8, 4) is 5.75 Å². The van der Waals surface area contributed by atoms with Gasteiger partial charge < -0.3 is 10.1 Å². The summed E-state index contributed by atoms with van der Waals surface area (Å²) < 4.78 is 6.54.